The summed E-state index contributed by atoms with van der Waals surface area (Å²) >= 11 is 0. The number of pyridine rings is 1. The lowest BCUT2D eigenvalue weighted by Crippen LogP contribution is -2.28. The molecule has 2 aliphatic rings. The maximum atomic E-state index is 5.97. The van der Waals surface area contributed by atoms with E-state index in [4.69, 9.17) is 9.47 Å². The zero-order valence-corrected chi connectivity index (χ0v) is 13.9. The lowest BCUT2D eigenvalue weighted by Gasteiger charge is -2.27. The summed E-state index contributed by atoms with van der Waals surface area (Å²) in [6.45, 7) is 2.67. The van der Waals surface area contributed by atoms with Crippen molar-refractivity contribution in [3.8, 4) is 11.5 Å². The van der Waals surface area contributed by atoms with E-state index in [2.05, 4.69) is 34.2 Å². The number of fused-ring (bicyclic) bond motifs is 1. The Labute approximate surface area is 142 Å². The summed E-state index contributed by atoms with van der Waals surface area (Å²) in [5.74, 6) is 1.65. The summed E-state index contributed by atoms with van der Waals surface area (Å²) in [4.78, 5) is 7.07. The molecule has 4 rings (SSSR count). The van der Waals surface area contributed by atoms with Crippen molar-refractivity contribution in [1.82, 2.24) is 9.88 Å². The van der Waals surface area contributed by atoms with E-state index in [0.717, 1.165) is 30.2 Å². The maximum Gasteiger partial charge on any atom is 0.168 e. The minimum Gasteiger partial charge on any atom is -0.493 e. The standard InChI is InChI=1S/C20H22N2O2/c1-23-19-9-4-6-16-12-15(14-24-20(16)19)13-22-11-5-8-18(22)17-7-2-3-10-21-17/h2-4,6-7,9-10,12,18H,5,8,11,13-14H2,1H3/t18-/m1/s1. The fourth-order valence-electron chi connectivity index (χ4n) is 3.66. The van der Waals surface area contributed by atoms with Crippen molar-refractivity contribution in [3.63, 3.8) is 0 Å². The molecule has 1 fully saturated rings. The Morgan fingerprint density at radius 2 is 2.21 bits per heavy atom. The van der Waals surface area contributed by atoms with E-state index in [-0.39, 0.29) is 0 Å². The number of likely N-dealkylation sites (tertiary alicyclic amines) is 1. The van der Waals surface area contributed by atoms with Gasteiger partial charge in [-0.05, 0) is 49.2 Å². The fraction of sp³-hybridized carbons (Fsp3) is 0.350. The van der Waals surface area contributed by atoms with Crippen LogP contribution in [0.5, 0.6) is 11.5 Å². The second-order valence-electron chi connectivity index (χ2n) is 6.35. The molecule has 0 bridgehead atoms. The number of hydrogen-bond acceptors (Lipinski definition) is 4. The average Bonchev–Trinajstić information content (AvgIpc) is 3.10. The Morgan fingerprint density at radius 3 is 3.04 bits per heavy atom. The third-order valence-corrected chi connectivity index (χ3v) is 4.79. The molecule has 4 heteroatoms. The molecule has 2 aliphatic heterocycles. The first kappa shape index (κ1) is 15.2. The number of ether oxygens (including phenoxy) is 2. The first-order chi connectivity index (χ1) is 11.8. The fourth-order valence-corrected chi connectivity index (χ4v) is 3.66. The summed E-state index contributed by atoms with van der Waals surface area (Å²) in [5.41, 5.74) is 3.58. The molecule has 1 atom stereocenters. The normalized spacial score (nSPS) is 20.2. The van der Waals surface area contributed by atoms with Gasteiger partial charge in [-0.15, -0.1) is 0 Å². The van der Waals surface area contributed by atoms with Crippen LogP contribution in [0.3, 0.4) is 0 Å². The molecule has 3 heterocycles. The lowest BCUT2D eigenvalue weighted by atomic mass is 10.1. The Kier molecular flexibility index (Phi) is 4.22. The Morgan fingerprint density at radius 1 is 1.25 bits per heavy atom. The number of aromatic nitrogens is 1. The third-order valence-electron chi connectivity index (χ3n) is 4.79. The predicted molar refractivity (Wildman–Crippen MR) is 94.3 cm³/mol. The summed E-state index contributed by atoms with van der Waals surface area (Å²) in [7, 11) is 1.68. The van der Waals surface area contributed by atoms with Gasteiger partial charge < -0.3 is 9.47 Å². The average molecular weight is 322 g/mol. The van der Waals surface area contributed by atoms with E-state index < -0.39 is 0 Å². The van der Waals surface area contributed by atoms with Crippen LogP contribution in [0.25, 0.3) is 6.08 Å². The molecule has 1 saturated heterocycles. The van der Waals surface area contributed by atoms with Crippen molar-refractivity contribution in [2.24, 2.45) is 0 Å². The van der Waals surface area contributed by atoms with E-state index in [1.54, 1.807) is 7.11 Å². The van der Waals surface area contributed by atoms with Crippen molar-refractivity contribution < 1.29 is 9.47 Å². The predicted octanol–water partition coefficient (Wildman–Crippen LogP) is 3.70. The number of rotatable bonds is 4. The maximum absolute atomic E-state index is 5.97. The number of methoxy groups -OCH3 is 1. The van der Waals surface area contributed by atoms with Crippen LogP contribution < -0.4 is 9.47 Å². The van der Waals surface area contributed by atoms with Gasteiger partial charge in [0.1, 0.15) is 6.61 Å². The van der Waals surface area contributed by atoms with Crippen LogP contribution in [-0.4, -0.2) is 36.7 Å². The highest BCUT2D eigenvalue weighted by Gasteiger charge is 2.28. The van der Waals surface area contributed by atoms with E-state index >= 15 is 0 Å². The molecule has 0 spiro atoms. The van der Waals surface area contributed by atoms with Crippen molar-refractivity contribution >= 4 is 6.08 Å². The highest BCUT2D eigenvalue weighted by atomic mass is 16.5. The SMILES string of the molecule is COc1cccc2c1OCC(CN1CCC[C@@H]1c1ccccn1)=C2. The number of hydrogen-bond donors (Lipinski definition) is 0. The largest absolute Gasteiger partial charge is 0.493 e. The van der Waals surface area contributed by atoms with E-state index in [0.29, 0.717) is 12.6 Å². The minimum absolute atomic E-state index is 0.416. The topological polar surface area (TPSA) is 34.6 Å². The third kappa shape index (κ3) is 2.89. The van der Waals surface area contributed by atoms with Crippen LogP contribution >= 0.6 is 0 Å². The molecule has 0 unspecified atom stereocenters. The first-order valence-corrected chi connectivity index (χ1v) is 8.49. The van der Waals surface area contributed by atoms with Gasteiger partial charge in [-0.25, -0.2) is 0 Å². The van der Waals surface area contributed by atoms with Gasteiger partial charge in [-0.1, -0.05) is 18.2 Å². The summed E-state index contributed by atoms with van der Waals surface area (Å²) in [5, 5.41) is 0. The Bertz CT molecular complexity index is 743. The molecule has 0 radical (unpaired) electrons. The Hall–Kier alpha value is -2.33. The van der Waals surface area contributed by atoms with Crippen LogP contribution in [0, 0.1) is 0 Å². The number of nitrogens with zero attached hydrogens (tertiary/aromatic N) is 2. The van der Waals surface area contributed by atoms with Crippen molar-refractivity contribution in [1.29, 1.82) is 0 Å². The molecule has 4 nitrogen and oxygen atoms in total. The van der Waals surface area contributed by atoms with Gasteiger partial charge in [0.25, 0.3) is 0 Å². The zero-order valence-electron chi connectivity index (χ0n) is 13.9. The molecule has 2 aromatic rings. The molecule has 0 aliphatic carbocycles. The van der Waals surface area contributed by atoms with E-state index in [9.17, 15) is 0 Å². The minimum atomic E-state index is 0.416. The van der Waals surface area contributed by atoms with Crippen molar-refractivity contribution in [2.75, 3.05) is 26.8 Å². The first-order valence-electron chi connectivity index (χ1n) is 8.49. The molecule has 0 amide bonds. The van der Waals surface area contributed by atoms with Gasteiger partial charge in [-0.3, -0.25) is 9.88 Å². The smallest absolute Gasteiger partial charge is 0.168 e. The summed E-state index contributed by atoms with van der Waals surface area (Å²) in [6, 6.07) is 12.6. The molecular formula is C20H22N2O2. The highest BCUT2D eigenvalue weighted by Crippen LogP contribution is 2.37. The molecule has 124 valence electrons. The van der Waals surface area contributed by atoms with Gasteiger partial charge in [0.05, 0.1) is 18.8 Å². The summed E-state index contributed by atoms with van der Waals surface area (Å²) < 4.78 is 11.4. The number of para-hydroxylation sites is 1. The number of benzene rings is 1. The molecular weight excluding hydrogens is 300 g/mol. The quantitative estimate of drug-likeness (QED) is 0.859. The highest BCUT2D eigenvalue weighted by molar-refractivity contribution is 5.66. The van der Waals surface area contributed by atoms with Crippen LogP contribution in [-0.2, 0) is 0 Å². The molecule has 1 aromatic carbocycles. The van der Waals surface area contributed by atoms with Gasteiger partial charge in [-0.2, -0.15) is 0 Å². The second kappa shape index (κ2) is 6.65. The molecule has 24 heavy (non-hydrogen) atoms. The molecule has 0 N–H and O–H groups in total. The van der Waals surface area contributed by atoms with Gasteiger partial charge in [0.15, 0.2) is 11.5 Å². The monoisotopic (exact) mass is 322 g/mol. The van der Waals surface area contributed by atoms with Gasteiger partial charge >= 0.3 is 0 Å². The van der Waals surface area contributed by atoms with Crippen LogP contribution in [0.4, 0.5) is 0 Å². The molecule has 1 aromatic heterocycles. The van der Waals surface area contributed by atoms with Crippen molar-refractivity contribution in [2.45, 2.75) is 18.9 Å². The van der Waals surface area contributed by atoms with Crippen molar-refractivity contribution in [3.05, 3.63) is 59.4 Å². The Balaban J connectivity index is 1.54. The second-order valence-corrected chi connectivity index (χ2v) is 6.35. The lowest BCUT2D eigenvalue weighted by molar-refractivity contribution is 0.253. The summed E-state index contributed by atoms with van der Waals surface area (Å²) in [6.07, 6.45) is 6.53. The van der Waals surface area contributed by atoms with E-state index in [1.165, 1.54) is 24.1 Å². The van der Waals surface area contributed by atoms with Crippen LogP contribution in [0.2, 0.25) is 0 Å². The van der Waals surface area contributed by atoms with E-state index in [1.807, 2.05) is 24.4 Å². The zero-order chi connectivity index (χ0) is 16.4. The molecule has 0 saturated carbocycles. The van der Waals surface area contributed by atoms with Gasteiger partial charge in [0.2, 0.25) is 0 Å². The van der Waals surface area contributed by atoms with Gasteiger partial charge in [0, 0.05) is 18.3 Å². The van der Waals surface area contributed by atoms with Crippen LogP contribution in [0.1, 0.15) is 30.1 Å². The van der Waals surface area contributed by atoms with Crippen LogP contribution in [0.15, 0.2) is 48.2 Å².